The van der Waals surface area contributed by atoms with Gasteiger partial charge in [-0.25, -0.2) is 0 Å². The summed E-state index contributed by atoms with van der Waals surface area (Å²) in [7, 11) is 0. The average molecular weight is 378 g/mol. The van der Waals surface area contributed by atoms with E-state index in [1.807, 2.05) is 32.0 Å². The fourth-order valence-electron chi connectivity index (χ4n) is 1.44. The Bertz CT molecular complexity index is 556. The second-order valence-electron chi connectivity index (χ2n) is 4.35. The molecule has 0 amide bonds. The number of halogens is 2. The summed E-state index contributed by atoms with van der Waals surface area (Å²) in [5.74, 6) is 1.23. The highest BCUT2D eigenvalue weighted by Crippen LogP contribution is 2.28. The number of nitrogens with zero attached hydrogens (tertiary/aromatic N) is 2. The molecule has 1 unspecified atom stereocenters. The molecule has 0 spiro atoms. The van der Waals surface area contributed by atoms with Crippen molar-refractivity contribution in [3.05, 3.63) is 32.6 Å². The highest BCUT2D eigenvalue weighted by Gasteiger charge is 2.19. The Balaban J connectivity index is 2.38. The lowest BCUT2D eigenvalue weighted by atomic mass is 10.1. The second-order valence-corrected chi connectivity index (χ2v) is 5.95. The minimum atomic E-state index is -0.223. The first-order chi connectivity index (χ1) is 8.49. The van der Waals surface area contributed by atoms with Gasteiger partial charge in [-0.15, -0.1) is 0 Å². The molecule has 1 heterocycles. The maximum atomic E-state index is 5.98. The summed E-state index contributed by atoms with van der Waals surface area (Å²) in [5, 5.41) is 4.56. The van der Waals surface area contributed by atoms with Crippen molar-refractivity contribution in [3.63, 3.8) is 0 Å². The van der Waals surface area contributed by atoms with Crippen molar-refractivity contribution in [3.8, 4) is 11.5 Å². The molecule has 0 saturated heterocycles. The first kappa shape index (κ1) is 13.8. The highest BCUT2D eigenvalue weighted by molar-refractivity contribution is 14.1. The Kier molecular flexibility index (Phi) is 4.24. The summed E-state index contributed by atoms with van der Waals surface area (Å²) in [4.78, 5) is 4.34. The number of rotatable bonds is 3. The summed E-state index contributed by atoms with van der Waals surface area (Å²) in [6.07, 6.45) is 0. The smallest absolute Gasteiger partial charge is 0.259 e. The average Bonchev–Trinajstić information content (AvgIpc) is 2.80. The van der Waals surface area contributed by atoms with Crippen molar-refractivity contribution in [2.75, 3.05) is 0 Å². The van der Waals surface area contributed by atoms with Crippen LogP contribution in [-0.2, 0) is 0 Å². The van der Waals surface area contributed by atoms with Gasteiger partial charge in [-0.05, 0) is 46.7 Å². The zero-order valence-corrected chi connectivity index (χ0v) is 12.9. The summed E-state index contributed by atoms with van der Waals surface area (Å²) in [6, 6.07) is 5.31. The van der Waals surface area contributed by atoms with Crippen molar-refractivity contribution >= 4 is 34.2 Å². The Hall–Kier alpha value is -0.660. The topological polar surface area (TPSA) is 64.9 Å². The predicted octanol–water partition coefficient (Wildman–Crippen LogP) is 3.65. The van der Waals surface area contributed by atoms with E-state index in [-0.39, 0.29) is 12.0 Å². The molecular formula is C12H13ClIN3O. The van der Waals surface area contributed by atoms with E-state index < -0.39 is 0 Å². The molecule has 0 aliphatic heterocycles. The fourth-order valence-corrected chi connectivity index (χ4v) is 2.18. The van der Waals surface area contributed by atoms with E-state index in [2.05, 4.69) is 32.7 Å². The third-order valence-corrected chi connectivity index (χ3v) is 3.79. The number of nitrogens with two attached hydrogens (primary N) is 1. The summed E-state index contributed by atoms with van der Waals surface area (Å²) in [6.45, 7) is 4.04. The van der Waals surface area contributed by atoms with E-state index >= 15 is 0 Å². The summed E-state index contributed by atoms with van der Waals surface area (Å²) >= 11 is 8.17. The first-order valence-electron chi connectivity index (χ1n) is 5.53. The standard InChI is InChI=1S/C12H13ClIN3O/c1-6(2)10(15)11-16-12(18-17-11)8-5-7(13)3-4-9(8)14/h3-6,10H,15H2,1-2H3. The molecule has 0 bridgehead atoms. The van der Waals surface area contributed by atoms with Gasteiger partial charge < -0.3 is 10.3 Å². The van der Waals surface area contributed by atoms with Crippen molar-refractivity contribution in [1.29, 1.82) is 0 Å². The van der Waals surface area contributed by atoms with Crippen LogP contribution in [-0.4, -0.2) is 10.1 Å². The second kappa shape index (κ2) is 5.54. The van der Waals surface area contributed by atoms with E-state index in [0.717, 1.165) is 9.13 Å². The Morgan fingerprint density at radius 2 is 2.11 bits per heavy atom. The molecule has 1 aromatic carbocycles. The Morgan fingerprint density at radius 3 is 2.78 bits per heavy atom. The van der Waals surface area contributed by atoms with Gasteiger partial charge in [0.15, 0.2) is 5.82 Å². The normalized spacial score (nSPS) is 13.0. The number of hydrogen-bond donors (Lipinski definition) is 1. The molecule has 96 valence electrons. The molecule has 1 aromatic heterocycles. The van der Waals surface area contributed by atoms with Gasteiger partial charge in [0, 0.05) is 8.59 Å². The van der Waals surface area contributed by atoms with Crippen LogP contribution in [0.1, 0.15) is 25.7 Å². The van der Waals surface area contributed by atoms with Gasteiger partial charge in [0.2, 0.25) is 0 Å². The molecule has 2 rings (SSSR count). The molecule has 1 atom stereocenters. The van der Waals surface area contributed by atoms with E-state index in [1.165, 1.54) is 0 Å². The van der Waals surface area contributed by atoms with Crippen LogP contribution in [0.4, 0.5) is 0 Å². The molecule has 6 heteroatoms. The Morgan fingerprint density at radius 1 is 1.39 bits per heavy atom. The third-order valence-electron chi connectivity index (χ3n) is 2.62. The number of benzene rings is 1. The van der Waals surface area contributed by atoms with Crippen LogP contribution < -0.4 is 5.73 Å². The van der Waals surface area contributed by atoms with Crippen molar-refractivity contribution in [1.82, 2.24) is 10.1 Å². The number of hydrogen-bond acceptors (Lipinski definition) is 4. The van der Waals surface area contributed by atoms with Gasteiger partial charge in [0.25, 0.3) is 5.89 Å². The van der Waals surface area contributed by atoms with Gasteiger partial charge in [0.1, 0.15) is 0 Å². The van der Waals surface area contributed by atoms with Gasteiger partial charge >= 0.3 is 0 Å². The monoisotopic (exact) mass is 377 g/mol. The van der Waals surface area contributed by atoms with Gasteiger partial charge in [-0.1, -0.05) is 30.6 Å². The van der Waals surface area contributed by atoms with E-state index in [4.69, 9.17) is 21.9 Å². The van der Waals surface area contributed by atoms with Crippen LogP contribution >= 0.6 is 34.2 Å². The minimum absolute atomic E-state index is 0.223. The quantitative estimate of drug-likeness (QED) is 0.829. The van der Waals surface area contributed by atoms with Crippen molar-refractivity contribution < 1.29 is 4.52 Å². The van der Waals surface area contributed by atoms with Gasteiger partial charge in [0.05, 0.1) is 11.6 Å². The van der Waals surface area contributed by atoms with Crippen LogP contribution in [0.25, 0.3) is 11.5 Å². The maximum Gasteiger partial charge on any atom is 0.259 e. The van der Waals surface area contributed by atoms with Crippen molar-refractivity contribution in [2.45, 2.75) is 19.9 Å². The molecule has 0 saturated carbocycles. The lowest BCUT2D eigenvalue weighted by Crippen LogP contribution is -2.18. The van der Waals surface area contributed by atoms with E-state index in [9.17, 15) is 0 Å². The van der Waals surface area contributed by atoms with E-state index in [0.29, 0.717) is 16.7 Å². The molecule has 4 nitrogen and oxygen atoms in total. The van der Waals surface area contributed by atoms with Gasteiger partial charge in [-0.2, -0.15) is 4.98 Å². The first-order valence-corrected chi connectivity index (χ1v) is 6.99. The molecular weight excluding hydrogens is 365 g/mol. The maximum absolute atomic E-state index is 5.98. The molecule has 0 radical (unpaired) electrons. The zero-order valence-electron chi connectivity index (χ0n) is 10.0. The molecule has 18 heavy (non-hydrogen) atoms. The third kappa shape index (κ3) is 2.84. The predicted molar refractivity (Wildman–Crippen MR) is 79.2 cm³/mol. The zero-order chi connectivity index (χ0) is 13.3. The summed E-state index contributed by atoms with van der Waals surface area (Å²) < 4.78 is 6.26. The molecule has 2 aromatic rings. The van der Waals surface area contributed by atoms with Crippen LogP contribution in [0, 0.1) is 9.49 Å². The lowest BCUT2D eigenvalue weighted by Gasteiger charge is -2.09. The SMILES string of the molecule is CC(C)C(N)c1noc(-c2cc(Cl)ccc2I)n1. The van der Waals surface area contributed by atoms with E-state index in [1.54, 1.807) is 0 Å². The Labute approximate surface area is 124 Å². The highest BCUT2D eigenvalue weighted by atomic mass is 127. The lowest BCUT2D eigenvalue weighted by molar-refractivity contribution is 0.400. The minimum Gasteiger partial charge on any atom is -0.334 e. The summed E-state index contributed by atoms with van der Waals surface area (Å²) in [5.41, 5.74) is 6.82. The van der Waals surface area contributed by atoms with Crippen LogP contribution in [0.15, 0.2) is 22.7 Å². The molecule has 2 N–H and O–H groups in total. The fraction of sp³-hybridized carbons (Fsp3) is 0.333. The van der Waals surface area contributed by atoms with Gasteiger partial charge in [-0.3, -0.25) is 0 Å². The number of aromatic nitrogens is 2. The van der Waals surface area contributed by atoms with Crippen LogP contribution in [0.2, 0.25) is 5.02 Å². The van der Waals surface area contributed by atoms with Crippen LogP contribution in [0.3, 0.4) is 0 Å². The molecule has 0 aliphatic carbocycles. The molecule has 0 fully saturated rings. The molecule has 0 aliphatic rings. The largest absolute Gasteiger partial charge is 0.334 e. The van der Waals surface area contributed by atoms with Crippen molar-refractivity contribution in [2.24, 2.45) is 11.7 Å². The van der Waals surface area contributed by atoms with Crippen LogP contribution in [0.5, 0.6) is 0 Å².